The fourth-order valence-corrected chi connectivity index (χ4v) is 5.42. The van der Waals surface area contributed by atoms with Gasteiger partial charge in [0.25, 0.3) is 5.91 Å². The van der Waals surface area contributed by atoms with Gasteiger partial charge in [-0.25, -0.2) is 9.78 Å². The minimum atomic E-state index is -0.882. The third-order valence-electron chi connectivity index (χ3n) is 6.32. The minimum Gasteiger partial charge on any atom is -0.481 e. The van der Waals surface area contributed by atoms with Gasteiger partial charge in [0.1, 0.15) is 16.5 Å². The first-order valence-corrected chi connectivity index (χ1v) is 11.9. The number of benzene rings is 2. The van der Waals surface area contributed by atoms with Gasteiger partial charge >= 0.3 is 12.1 Å². The van der Waals surface area contributed by atoms with Gasteiger partial charge < -0.3 is 20.1 Å². The lowest BCUT2D eigenvalue weighted by molar-refractivity contribution is -0.141. The van der Waals surface area contributed by atoms with Crippen molar-refractivity contribution in [1.82, 2.24) is 15.2 Å². The lowest BCUT2D eigenvalue weighted by atomic mass is 9.98. The van der Waals surface area contributed by atoms with Crippen LogP contribution in [-0.2, 0) is 16.1 Å². The number of carboxylic acid groups (broad SMARTS) is 1. The highest BCUT2D eigenvalue weighted by Crippen LogP contribution is 2.44. The fraction of sp³-hybridized carbons (Fsp3) is 0.280. The molecule has 1 saturated heterocycles. The van der Waals surface area contributed by atoms with Crippen LogP contribution >= 0.6 is 11.3 Å². The number of aromatic nitrogens is 1. The number of carbonyl (C=O) groups excluding carboxylic acids is 2. The van der Waals surface area contributed by atoms with Crippen molar-refractivity contribution >= 4 is 29.3 Å². The van der Waals surface area contributed by atoms with E-state index in [9.17, 15) is 14.4 Å². The molecule has 2 amide bonds. The Bertz CT molecular complexity index is 1210. The maximum Gasteiger partial charge on any atom is 0.407 e. The number of alkyl carbamates (subject to hydrolysis) is 1. The van der Waals surface area contributed by atoms with E-state index in [1.807, 2.05) is 24.3 Å². The molecule has 1 aromatic heterocycles. The summed E-state index contributed by atoms with van der Waals surface area (Å²) in [6, 6.07) is 16.3. The SMILES string of the molecule is O=C(NCc1ncc(C(=O)N2CCC(C(=O)O)C2)s1)OCC1c2ccccc2-c2ccccc21. The molecule has 1 aliphatic carbocycles. The molecule has 0 bridgehead atoms. The molecule has 174 valence electrons. The van der Waals surface area contributed by atoms with Gasteiger partial charge in [0, 0.05) is 19.0 Å². The molecule has 3 aromatic rings. The quantitative estimate of drug-likeness (QED) is 0.560. The van der Waals surface area contributed by atoms with Gasteiger partial charge in [-0.2, -0.15) is 0 Å². The summed E-state index contributed by atoms with van der Waals surface area (Å²) in [5.41, 5.74) is 4.62. The van der Waals surface area contributed by atoms with Crippen molar-refractivity contribution in [2.75, 3.05) is 19.7 Å². The molecule has 2 heterocycles. The average molecular weight is 478 g/mol. The van der Waals surface area contributed by atoms with Crippen LogP contribution in [0, 0.1) is 5.92 Å². The largest absolute Gasteiger partial charge is 0.481 e. The maximum absolute atomic E-state index is 12.6. The van der Waals surface area contributed by atoms with Gasteiger partial charge in [-0.05, 0) is 28.7 Å². The molecule has 0 saturated carbocycles. The highest BCUT2D eigenvalue weighted by Gasteiger charge is 2.32. The molecule has 1 unspecified atom stereocenters. The van der Waals surface area contributed by atoms with Crippen LogP contribution in [0.4, 0.5) is 4.79 Å². The van der Waals surface area contributed by atoms with E-state index in [1.54, 1.807) is 0 Å². The van der Waals surface area contributed by atoms with E-state index in [0.717, 1.165) is 11.1 Å². The topological polar surface area (TPSA) is 109 Å². The van der Waals surface area contributed by atoms with Crippen LogP contribution in [0.5, 0.6) is 0 Å². The summed E-state index contributed by atoms with van der Waals surface area (Å²) in [5, 5.41) is 12.4. The number of fused-ring (bicyclic) bond motifs is 3. The highest BCUT2D eigenvalue weighted by atomic mass is 32.1. The number of aliphatic carboxylic acids is 1. The number of thiazole rings is 1. The summed E-state index contributed by atoms with van der Waals surface area (Å²) in [7, 11) is 0. The number of hydrogen-bond donors (Lipinski definition) is 2. The van der Waals surface area contributed by atoms with Crippen LogP contribution in [0.3, 0.4) is 0 Å². The number of amides is 2. The molecule has 2 N–H and O–H groups in total. The van der Waals surface area contributed by atoms with Gasteiger partial charge in [-0.1, -0.05) is 48.5 Å². The predicted molar refractivity (Wildman–Crippen MR) is 126 cm³/mol. The second-order valence-corrected chi connectivity index (χ2v) is 9.49. The number of carboxylic acids is 1. The van der Waals surface area contributed by atoms with E-state index >= 15 is 0 Å². The number of hydrogen-bond acceptors (Lipinski definition) is 6. The minimum absolute atomic E-state index is 0.0164. The van der Waals surface area contributed by atoms with Crippen LogP contribution in [0.1, 0.15) is 38.1 Å². The zero-order chi connectivity index (χ0) is 23.7. The molecule has 2 aliphatic rings. The highest BCUT2D eigenvalue weighted by molar-refractivity contribution is 7.13. The monoisotopic (exact) mass is 477 g/mol. The van der Waals surface area contributed by atoms with Crippen molar-refractivity contribution in [3.05, 3.63) is 75.7 Å². The van der Waals surface area contributed by atoms with Crippen molar-refractivity contribution in [3.63, 3.8) is 0 Å². The fourth-order valence-electron chi connectivity index (χ4n) is 4.59. The molecule has 9 heteroatoms. The lowest BCUT2D eigenvalue weighted by Gasteiger charge is -2.14. The second-order valence-electron chi connectivity index (χ2n) is 8.37. The Morgan fingerprint density at radius 3 is 2.41 bits per heavy atom. The Labute approximate surface area is 200 Å². The van der Waals surface area contributed by atoms with Gasteiger partial charge in [0.05, 0.1) is 18.7 Å². The normalized spacial score (nSPS) is 16.7. The number of likely N-dealkylation sites (tertiary alicyclic amines) is 1. The number of ether oxygens (including phenoxy) is 1. The summed E-state index contributed by atoms with van der Waals surface area (Å²) in [4.78, 5) is 42.3. The molecule has 0 radical (unpaired) electrons. The third-order valence-corrected chi connectivity index (χ3v) is 7.30. The summed E-state index contributed by atoms with van der Waals surface area (Å²) in [6.07, 6.45) is 1.38. The van der Waals surface area contributed by atoms with Crippen LogP contribution in [0.15, 0.2) is 54.7 Å². The molecule has 2 aromatic carbocycles. The number of rotatable bonds is 6. The summed E-state index contributed by atoms with van der Waals surface area (Å²) in [5.74, 6) is -1.65. The van der Waals surface area contributed by atoms with E-state index in [0.29, 0.717) is 22.9 Å². The molecule has 0 spiro atoms. The molecule has 1 fully saturated rings. The second kappa shape index (κ2) is 9.26. The molecule has 5 rings (SSSR count). The summed E-state index contributed by atoms with van der Waals surface area (Å²) in [6.45, 7) is 0.994. The first-order chi connectivity index (χ1) is 16.5. The van der Waals surface area contributed by atoms with Crippen molar-refractivity contribution in [2.24, 2.45) is 5.92 Å². The van der Waals surface area contributed by atoms with E-state index in [-0.39, 0.29) is 31.5 Å². The van der Waals surface area contributed by atoms with E-state index in [1.165, 1.54) is 33.6 Å². The zero-order valence-electron chi connectivity index (χ0n) is 18.3. The van der Waals surface area contributed by atoms with E-state index < -0.39 is 18.0 Å². The smallest absolute Gasteiger partial charge is 0.407 e. The van der Waals surface area contributed by atoms with Gasteiger partial charge in [0.2, 0.25) is 0 Å². The molecule has 1 aliphatic heterocycles. The number of nitrogens with zero attached hydrogens (tertiary/aromatic N) is 2. The summed E-state index contributed by atoms with van der Waals surface area (Å²) >= 11 is 1.18. The molecule has 8 nitrogen and oxygen atoms in total. The maximum atomic E-state index is 12.6. The molecule has 1 atom stereocenters. The predicted octanol–water partition coefficient (Wildman–Crippen LogP) is 3.73. The number of carbonyl (C=O) groups is 3. The van der Waals surface area contributed by atoms with Crippen LogP contribution < -0.4 is 5.32 Å². The van der Waals surface area contributed by atoms with Gasteiger partial charge in [0.15, 0.2) is 0 Å². The van der Waals surface area contributed by atoms with Crippen molar-refractivity contribution < 1.29 is 24.2 Å². The van der Waals surface area contributed by atoms with Gasteiger partial charge in [-0.3, -0.25) is 9.59 Å². The third kappa shape index (κ3) is 4.26. The van der Waals surface area contributed by atoms with Crippen molar-refractivity contribution in [1.29, 1.82) is 0 Å². The lowest BCUT2D eigenvalue weighted by Crippen LogP contribution is -2.29. The first kappa shape index (κ1) is 22.1. The van der Waals surface area contributed by atoms with Crippen LogP contribution in [0.25, 0.3) is 11.1 Å². The Morgan fingerprint density at radius 2 is 1.76 bits per heavy atom. The zero-order valence-corrected chi connectivity index (χ0v) is 19.1. The molecular formula is C25H23N3O5S. The first-order valence-electron chi connectivity index (χ1n) is 11.1. The van der Waals surface area contributed by atoms with Gasteiger partial charge in [-0.15, -0.1) is 11.3 Å². The van der Waals surface area contributed by atoms with E-state index in [2.05, 4.69) is 34.6 Å². The van der Waals surface area contributed by atoms with Crippen molar-refractivity contribution in [3.8, 4) is 11.1 Å². The Hall–Kier alpha value is -3.72. The molecular weight excluding hydrogens is 454 g/mol. The molecule has 34 heavy (non-hydrogen) atoms. The number of nitrogens with one attached hydrogen (secondary N) is 1. The summed E-state index contributed by atoms with van der Waals surface area (Å²) < 4.78 is 5.53. The van der Waals surface area contributed by atoms with E-state index in [4.69, 9.17) is 9.84 Å². The standard InChI is InChI=1S/C25H23N3O5S/c29-23(28-10-9-15(13-28)24(30)31)21-11-26-22(34-21)12-27-25(32)33-14-20-18-7-3-1-5-16(18)17-6-2-4-8-19(17)20/h1-8,11,15,20H,9-10,12-14H2,(H,27,32)(H,30,31). The van der Waals surface area contributed by atoms with Crippen LogP contribution in [-0.4, -0.2) is 52.7 Å². The average Bonchev–Trinajstić information content (AvgIpc) is 3.59. The van der Waals surface area contributed by atoms with Crippen molar-refractivity contribution in [2.45, 2.75) is 18.9 Å². The Morgan fingerprint density at radius 1 is 1.09 bits per heavy atom. The Kier molecular flexibility index (Phi) is 6.02. The van der Waals surface area contributed by atoms with Crippen LogP contribution in [0.2, 0.25) is 0 Å². The Balaban J connectivity index is 1.15.